The molecule has 0 fully saturated rings. The summed E-state index contributed by atoms with van der Waals surface area (Å²) < 4.78 is 18.3. The van der Waals surface area contributed by atoms with Gasteiger partial charge in [-0.25, -0.2) is 9.18 Å². The van der Waals surface area contributed by atoms with Crippen LogP contribution in [0.4, 0.5) is 4.39 Å². The van der Waals surface area contributed by atoms with Gasteiger partial charge in [-0.1, -0.05) is 0 Å². The van der Waals surface area contributed by atoms with Crippen LogP contribution in [-0.4, -0.2) is 40.8 Å². The monoisotopic (exact) mass is 349 g/mol. The van der Waals surface area contributed by atoms with E-state index in [0.717, 1.165) is 6.92 Å². The third-order valence-corrected chi connectivity index (χ3v) is 2.96. The van der Waals surface area contributed by atoms with Gasteiger partial charge in [-0.3, -0.25) is 4.79 Å². The predicted molar refractivity (Wildman–Crippen MR) is 70.9 cm³/mol. The summed E-state index contributed by atoms with van der Waals surface area (Å²) >= 11 is 3.07. The molecule has 0 saturated heterocycles. The zero-order chi connectivity index (χ0) is 15.3. The predicted octanol–water partition coefficient (Wildman–Crippen LogP) is 0.919. The number of hydrogen-bond donors (Lipinski definition) is 3. The van der Waals surface area contributed by atoms with E-state index < -0.39 is 29.8 Å². The maximum absolute atomic E-state index is 12.8. The first-order chi connectivity index (χ1) is 9.22. The van der Waals surface area contributed by atoms with Crippen LogP contribution in [0.5, 0.6) is 5.75 Å². The van der Waals surface area contributed by atoms with Crippen molar-refractivity contribution >= 4 is 27.8 Å². The van der Waals surface area contributed by atoms with Crippen LogP contribution in [0.25, 0.3) is 0 Å². The van der Waals surface area contributed by atoms with Crippen molar-refractivity contribution in [1.82, 2.24) is 5.32 Å². The molecule has 0 radical (unpaired) electrons. The summed E-state index contributed by atoms with van der Waals surface area (Å²) in [6.45, 7) is 0.224. The summed E-state index contributed by atoms with van der Waals surface area (Å²) in [6, 6.07) is 3.70. The standard InChI is InChI=1S/C12H13BrFNO5/c1-12(19,11(17)18)6-15-10(16)5-20-9-3-2-7(14)4-8(9)13/h2-4,19H,5-6H2,1H3,(H,15,16)(H,17,18). The maximum atomic E-state index is 12.8. The van der Waals surface area contributed by atoms with Crippen molar-refractivity contribution in [2.45, 2.75) is 12.5 Å². The van der Waals surface area contributed by atoms with E-state index in [9.17, 15) is 19.1 Å². The van der Waals surface area contributed by atoms with Crippen molar-refractivity contribution in [2.24, 2.45) is 0 Å². The third kappa shape index (κ3) is 4.78. The lowest BCUT2D eigenvalue weighted by molar-refractivity contribution is -0.156. The Morgan fingerprint density at radius 1 is 1.50 bits per heavy atom. The molecule has 1 amide bonds. The van der Waals surface area contributed by atoms with E-state index in [1.54, 1.807) is 0 Å². The van der Waals surface area contributed by atoms with Gasteiger partial charge in [0.2, 0.25) is 0 Å². The van der Waals surface area contributed by atoms with E-state index in [4.69, 9.17) is 9.84 Å². The lowest BCUT2D eigenvalue weighted by Crippen LogP contribution is -2.47. The second-order valence-electron chi connectivity index (χ2n) is 4.22. The minimum Gasteiger partial charge on any atom is -0.483 e. The number of aliphatic carboxylic acids is 1. The van der Waals surface area contributed by atoms with E-state index in [2.05, 4.69) is 21.2 Å². The van der Waals surface area contributed by atoms with Crippen molar-refractivity contribution in [2.75, 3.05) is 13.2 Å². The van der Waals surface area contributed by atoms with Crippen LogP contribution in [-0.2, 0) is 9.59 Å². The second kappa shape index (κ2) is 6.67. The Morgan fingerprint density at radius 2 is 2.15 bits per heavy atom. The summed E-state index contributed by atoms with van der Waals surface area (Å²) in [5.74, 6) is -2.24. The highest BCUT2D eigenvalue weighted by atomic mass is 79.9. The number of nitrogens with one attached hydrogen (secondary N) is 1. The first-order valence-electron chi connectivity index (χ1n) is 5.52. The molecule has 0 aliphatic carbocycles. The van der Waals surface area contributed by atoms with Crippen LogP contribution in [0, 0.1) is 5.82 Å². The summed E-state index contributed by atoms with van der Waals surface area (Å²) in [4.78, 5) is 22.0. The van der Waals surface area contributed by atoms with E-state index in [0.29, 0.717) is 4.47 Å². The Hall–Kier alpha value is -1.67. The van der Waals surface area contributed by atoms with E-state index in [1.807, 2.05) is 0 Å². The van der Waals surface area contributed by atoms with Gasteiger partial charge in [0.15, 0.2) is 12.2 Å². The molecule has 0 spiro atoms. The smallest absolute Gasteiger partial charge is 0.337 e. The number of halogens is 2. The molecule has 0 aromatic heterocycles. The van der Waals surface area contributed by atoms with Crippen LogP contribution in [0.15, 0.2) is 22.7 Å². The van der Waals surface area contributed by atoms with Gasteiger partial charge in [0.05, 0.1) is 11.0 Å². The number of benzene rings is 1. The van der Waals surface area contributed by atoms with Gasteiger partial charge in [-0.05, 0) is 41.1 Å². The Kier molecular flexibility index (Phi) is 5.46. The number of ether oxygens (including phenoxy) is 1. The summed E-state index contributed by atoms with van der Waals surface area (Å²) in [5.41, 5.74) is -2.05. The molecule has 1 rings (SSSR count). The molecule has 0 aliphatic rings. The number of carbonyl (C=O) groups excluding carboxylic acids is 1. The second-order valence-corrected chi connectivity index (χ2v) is 5.07. The number of hydrogen-bond acceptors (Lipinski definition) is 4. The molecule has 3 N–H and O–H groups in total. The highest BCUT2D eigenvalue weighted by molar-refractivity contribution is 9.10. The highest BCUT2D eigenvalue weighted by Gasteiger charge is 2.30. The molecule has 1 atom stereocenters. The van der Waals surface area contributed by atoms with Gasteiger partial charge in [-0.15, -0.1) is 0 Å². The van der Waals surface area contributed by atoms with Crippen LogP contribution < -0.4 is 10.1 Å². The van der Waals surface area contributed by atoms with Gasteiger partial charge in [0.1, 0.15) is 11.6 Å². The zero-order valence-corrected chi connectivity index (χ0v) is 12.1. The van der Waals surface area contributed by atoms with Crippen LogP contribution in [0.2, 0.25) is 0 Å². The molecule has 0 saturated carbocycles. The van der Waals surface area contributed by atoms with E-state index in [1.165, 1.54) is 18.2 Å². The van der Waals surface area contributed by atoms with Gasteiger partial charge < -0.3 is 20.3 Å². The molecule has 110 valence electrons. The number of aliphatic hydroxyl groups is 1. The quantitative estimate of drug-likeness (QED) is 0.709. The Balaban J connectivity index is 2.46. The van der Waals surface area contributed by atoms with Crippen molar-refractivity contribution in [3.05, 3.63) is 28.5 Å². The lowest BCUT2D eigenvalue weighted by atomic mass is 10.1. The Bertz CT molecular complexity index is 521. The Morgan fingerprint density at radius 3 is 2.70 bits per heavy atom. The number of amides is 1. The molecule has 1 aromatic rings. The number of carboxylic acid groups (broad SMARTS) is 1. The first kappa shape index (κ1) is 16.4. The first-order valence-corrected chi connectivity index (χ1v) is 6.32. The normalized spacial score (nSPS) is 13.4. The molecule has 20 heavy (non-hydrogen) atoms. The maximum Gasteiger partial charge on any atom is 0.337 e. The number of carboxylic acids is 1. The minimum atomic E-state index is -2.05. The summed E-state index contributed by atoms with van der Waals surface area (Å²) in [6.07, 6.45) is 0. The Labute approximate surface area is 122 Å². The zero-order valence-electron chi connectivity index (χ0n) is 10.5. The molecule has 8 heteroatoms. The molecular weight excluding hydrogens is 337 g/mol. The van der Waals surface area contributed by atoms with Crippen molar-refractivity contribution in [1.29, 1.82) is 0 Å². The summed E-state index contributed by atoms with van der Waals surface area (Å²) in [5, 5.41) is 20.3. The van der Waals surface area contributed by atoms with Crippen molar-refractivity contribution < 1.29 is 28.9 Å². The summed E-state index contributed by atoms with van der Waals surface area (Å²) in [7, 11) is 0. The fourth-order valence-corrected chi connectivity index (χ4v) is 1.60. The number of carbonyl (C=O) groups is 2. The van der Waals surface area contributed by atoms with Crippen LogP contribution in [0.1, 0.15) is 6.92 Å². The van der Waals surface area contributed by atoms with E-state index in [-0.39, 0.29) is 12.4 Å². The largest absolute Gasteiger partial charge is 0.483 e. The molecule has 0 bridgehead atoms. The van der Waals surface area contributed by atoms with Crippen LogP contribution in [0.3, 0.4) is 0 Å². The van der Waals surface area contributed by atoms with Crippen molar-refractivity contribution in [3.63, 3.8) is 0 Å². The molecular formula is C12H13BrFNO5. The van der Waals surface area contributed by atoms with Gasteiger partial charge in [0, 0.05) is 0 Å². The molecule has 1 unspecified atom stereocenters. The average Bonchev–Trinajstić information content (AvgIpc) is 2.35. The SMILES string of the molecule is CC(O)(CNC(=O)COc1ccc(F)cc1Br)C(=O)O. The van der Waals surface area contributed by atoms with Crippen LogP contribution >= 0.6 is 15.9 Å². The number of rotatable bonds is 6. The fourth-order valence-electron chi connectivity index (χ4n) is 1.13. The molecule has 0 heterocycles. The molecule has 6 nitrogen and oxygen atoms in total. The topological polar surface area (TPSA) is 95.9 Å². The highest BCUT2D eigenvalue weighted by Crippen LogP contribution is 2.25. The fraction of sp³-hybridized carbons (Fsp3) is 0.333. The lowest BCUT2D eigenvalue weighted by Gasteiger charge is -2.18. The third-order valence-electron chi connectivity index (χ3n) is 2.34. The van der Waals surface area contributed by atoms with Crippen molar-refractivity contribution in [3.8, 4) is 5.75 Å². The van der Waals surface area contributed by atoms with Gasteiger partial charge in [0.25, 0.3) is 5.91 Å². The average molecular weight is 350 g/mol. The molecule has 1 aromatic carbocycles. The van der Waals surface area contributed by atoms with Gasteiger partial charge in [-0.2, -0.15) is 0 Å². The van der Waals surface area contributed by atoms with E-state index >= 15 is 0 Å². The minimum absolute atomic E-state index is 0.270. The molecule has 0 aliphatic heterocycles. The van der Waals surface area contributed by atoms with Gasteiger partial charge >= 0.3 is 5.97 Å².